The van der Waals surface area contributed by atoms with E-state index in [-0.39, 0.29) is 18.4 Å². The summed E-state index contributed by atoms with van der Waals surface area (Å²) >= 11 is 0. The summed E-state index contributed by atoms with van der Waals surface area (Å²) in [6.45, 7) is 1.92. The maximum atomic E-state index is 13.5. The van der Waals surface area contributed by atoms with Crippen molar-refractivity contribution in [3.63, 3.8) is 0 Å². The second-order valence-corrected chi connectivity index (χ2v) is 5.25. The highest BCUT2D eigenvalue weighted by molar-refractivity contribution is 5.87. The normalized spacial score (nSPS) is 11.4. The third kappa shape index (κ3) is 4.98. The molecule has 2 aromatic rings. The lowest BCUT2D eigenvalue weighted by Gasteiger charge is -2.16. The first-order chi connectivity index (χ1) is 11.5. The number of nitrogens with one attached hydrogen (secondary N) is 3. The minimum absolute atomic E-state index is 0.104. The van der Waals surface area contributed by atoms with Crippen molar-refractivity contribution in [2.45, 2.75) is 19.5 Å². The number of urea groups is 2. The SMILES string of the molecule is CC(NC(=O)NCc1ccccc1F)c1ccc(NC(N)=O)cc1. The van der Waals surface area contributed by atoms with Gasteiger partial charge in [0.15, 0.2) is 0 Å². The number of halogens is 1. The molecule has 24 heavy (non-hydrogen) atoms. The Kier molecular flexibility index (Phi) is 5.73. The minimum Gasteiger partial charge on any atom is -0.351 e. The molecule has 0 aliphatic carbocycles. The molecule has 1 atom stereocenters. The summed E-state index contributed by atoms with van der Waals surface area (Å²) in [5.41, 5.74) is 6.88. The topological polar surface area (TPSA) is 96.2 Å². The molecule has 2 aromatic carbocycles. The van der Waals surface area contributed by atoms with E-state index in [1.165, 1.54) is 6.07 Å². The summed E-state index contributed by atoms with van der Waals surface area (Å²) < 4.78 is 13.5. The molecular formula is C17H19FN4O2. The number of amides is 4. The first kappa shape index (κ1) is 17.3. The Morgan fingerprint density at radius 3 is 2.42 bits per heavy atom. The van der Waals surface area contributed by atoms with Gasteiger partial charge in [-0.25, -0.2) is 14.0 Å². The zero-order valence-electron chi connectivity index (χ0n) is 13.2. The van der Waals surface area contributed by atoms with E-state index >= 15 is 0 Å². The van der Waals surface area contributed by atoms with Crippen molar-refractivity contribution < 1.29 is 14.0 Å². The molecule has 0 aliphatic rings. The van der Waals surface area contributed by atoms with Crippen LogP contribution < -0.4 is 21.7 Å². The van der Waals surface area contributed by atoms with Gasteiger partial charge in [-0.1, -0.05) is 30.3 Å². The Hall–Kier alpha value is -3.09. The van der Waals surface area contributed by atoms with Crippen LogP contribution in [0.5, 0.6) is 0 Å². The third-order valence-corrected chi connectivity index (χ3v) is 3.42. The molecule has 0 radical (unpaired) electrons. The van der Waals surface area contributed by atoms with Gasteiger partial charge in [-0.2, -0.15) is 0 Å². The van der Waals surface area contributed by atoms with Gasteiger partial charge < -0.3 is 21.7 Å². The largest absolute Gasteiger partial charge is 0.351 e. The van der Waals surface area contributed by atoms with Gasteiger partial charge in [0, 0.05) is 17.8 Å². The van der Waals surface area contributed by atoms with Crippen molar-refractivity contribution in [1.82, 2.24) is 10.6 Å². The first-order valence-corrected chi connectivity index (χ1v) is 7.40. The molecule has 0 fully saturated rings. The number of rotatable bonds is 5. The lowest BCUT2D eigenvalue weighted by atomic mass is 10.1. The van der Waals surface area contributed by atoms with E-state index < -0.39 is 12.1 Å². The van der Waals surface area contributed by atoms with Gasteiger partial charge in [0.2, 0.25) is 0 Å². The van der Waals surface area contributed by atoms with Crippen LogP contribution in [0.15, 0.2) is 48.5 Å². The van der Waals surface area contributed by atoms with Gasteiger partial charge >= 0.3 is 12.1 Å². The quantitative estimate of drug-likeness (QED) is 0.678. The average molecular weight is 330 g/mol. The van der Waals surface area contributed by atoms with E-state index in [1.807, 2.05) is 6.92 Å². The van der Waals surface area contributed by atoms with Crippen LogP contribution in [0.3, 0.4) is 0 Å². The fourth-order valence-corrected chi connectivity index (χ4v) is 2.15. The van der Waals surface area contributed by atoms with Crippen LogP contribution in [0.2, 0.25) is 0 Å². The fraction of sp³-hybridized carbons (Fsp3) is 0.176. The highest BCUT2D eigenvalue weighted by Crippen LogP contribution is 2.16. The molecule has 0 saturated carbocycles. The lowest BCUT2D eigenvalue weighted by molar-refractivity contribution is 0.237. The number of anilines is 1. The number of nitrogens with two attached hydrogens (primary N) is 1. The van der Waals surface area contributed by atoms with E-state index in [2.05, 4.69) is 16.0 Å². The van der Waals surface area contributed by atoms with Crippen LogP contribution in [0.1, 0.15) is 24.1 Å². The molecule has 2 rings (SSSR count). The van der Waals surface area contributed by atoms with Gasteiger partial charge in [0.1, 0.15) is 5.82 Å². The second-order valence-electron chi connectivity index (χ2n) is 5.25. The van der Waals surface area contributed by atoms with E-state index in [9.17, 15) is 14.0 Å². The van der Waals surface area contributed by atoms with Crippen molar-refractivity contribution in [2.24, 2.45) is 5.73 Å². The van der Waals surface area contributed by atoms with Gasteiger partial charge in [0.25, 0.3) is 0 Å². The molecule has 1 unspecified atom stereocenters. The summed E-state index contributed by atoms with van der Waals surface area (Å²) in [4.78, 5) is 22.7. The summed E-state index contributed by atoms with van der Waals surface area (Å²) in [7, 11) is 0. The van der Waals surface area contributed by atoms with Crippen molar-refractivity contribution in [1.29, 1.82) is 0 Å². The molecule has 0 spiro atoms. The Bertz CT molecular complexity index is 719. The van der Waals surface area contributed by atoms with E-state index in [4.69, 9.17) is 5.73 Å². The predicted molar refractivity (Wildman–Crippen MR) is 89.8 cm³/mol. The summed E-state index contributed by atoms with van der Waals surface area (Å²) in [5.74, 6) is -0.358. The molecule has 4 amide bonds. The van der Waals surface area contributed by atoms with E-state index in [0.29, 0.717) is 11.3 Å². The Morgan fingerprint density at radius 1 is 1.12 bits per heavy atom. The molecule has 5 N–H and O–H groups in total. The van der Waals surface area contributed by atoms with Crippen LogP contribution in [0.4, 0.5) is 19.7 Å². The van der Waals surface area contributed by atoms with E-state index in [1.54, 1.807) is 42.5 Å². The van der Waals surface area contributed by atoms with Crippen LogP contribution in [0.25, 0.3) is 0 Å². The Balaban J connectivity index is 1.87. The van der Waals surface area contributed by atoms with Gasteiger partial charge in [-0.3, -0.25) is 0 Å². The third-order valence-electron chi connectivity index (χ3n) is 3.42. The number of carbonyl (C=O) groups is 2. The number of carbonyl (C=O) groups excluding carboxylic acids is 2. The second kappa shape index (κ2) is 7.96. The number of primary amides is 1. The van der Waals surface area contributed by atoms with Gasteiger partial charge in [-0.15, -0.1) is 0 Å². The monoisotopic (exact) mass is 330 g/mol. The maximum Gasteiger partial charge on any atom is 0.316 e. The fourth-order valence-electron chi connectivity index (χ4n) is 2.15. The zero-order valence-corrected chi connectivity index (χ0v) is 13.2. The molecule has 0 aliphatic heterocycles. The smallest absolute Gasteiger partial charge is 0.316 e. The summed E-state index contributed by atoms with van der Waals surface area (Å²) in [6.07, 6.45) is 0. The standard InChI is InChI=1S/C17H19FN4O2/c1-11(12-6-8-14(9-7-12)22-16(19)23)21-17(24)20-10-13-4-2-3-5-15(13)18/h2-9,11H,10H2,1H3,(H3,19,22,23)(H2,20,21,24). The summed E-state index contributed by atoms with van der Waals surface area (Å²) in [5, 5.41) is 7.84. The van der Waals surface area contributed by atoms with Gasteiger partial charge in [0.05, 0.1) is 6.04 Å². The minimum atomic E-state index is -0.638. The highest BCUT2D eigenvalue weighted by atomic mass is 19.1. The number of hydrogen-bond acceptors (Lipinski definition) is 2. The molecule has 126 valence electrons. The Labute approximate surface area is 139 Å². The van der Waals surface area contributed by atoms with Crippen molar-refractivity contribution in [3.05, 3.63) is 65.5 Å². The van der Waals surface area contributed by atoms with E-state index in [0.717, 1.165) is 5.56 Å². The zero-order chi connectivity index (χ0) is 17.5. The lowest BCUT2D eigenvalue weighted by Crippen LogP contribution is -2.36. The Morgan fingerprint density at radius 2 is 1.79 bits per heavy atom. The number of benzene rings is 2. The number of hydrogen-bond donors (Lipinski definition) is 4. The highest BCUT2D eigenvalue weighted by Gasteiger charge is 2.10. The van der Waals surface area contributed by atoms with Crippen LogP contribution >= 0.6 is 0 Å². The first-order valence-electron chi connectivity index (χ1n) is 7.40. The molecule has 7 heteroatoms. The van der Waals surface area contributed by atoms with Crippen LogP contribution in [-0.2, 0) is 6.54 Å². The molecule has 0 heterocycles. The van der Waals surface area contributed by atoms with Crippen molar-refractivity contribution in [3.8, 4) is 0 Å². The van der Waals surface area contributed by atoms with Crippen molar-refractivity contribution in [2.75, 3.05) is 5.32 Å². The van der Waals surface area contributed by atoms with Crippen LogP contribution in [-0.4, -0.2) is 12.1 Å². The predicted octanol–water partition coefficient (Wildman–Crippen LogP) is 2.88. The average Bonchev–Trinajstić information content (AvgIpc) is 2.54. The molecule has 0 saturated heterocycles. The molecular weight excluding hydrogens is 311 g/mol. The van der Waals surface area contributed by atoms with Gasteiger partial charge in [-0.05, 0) is 30.7 Å². The maximum absolute atomic E-state index is 13.5. The summed E-state index contributed by atoms with van der Waals surface area (Å²) in [6, 6.07) is 11.9. The van der Waals surface area contributed by atoms with Crippen LogP contribution in [0, 0.1) is 5.82 Å². The molecule has 0 bridgehead atoms. The molecule has 6 nitrogen and oxygen atoms in total. The van der Waals surface area contributed by atoms with Crippen molar-refractivity contribution >= 4 is 17.7 Å². The molecule has 0 aromatic heterocycles.